The number of nitrogens with two attached hydrogens (primary N) is 1. The number of rotatable bonds is 0. The van der Waals surface area contributed by atoms with E-state index in [4.69, 9.17) is 5.73 Å². The Hall–Kier alpha value is -1.02. The van der Waals surface area contributed by atoms with Gasteiger partial charge in [0.05, 0.1) is 0 Å². The van der Waals surface area contributed by atoms with Crippen LogP contribution in [0.2, 0.25) is 0 Å². The second kappa shape index (κ2) is 3.99. The first-order chi connectivity index (χ1) is 9.21. The van der Waals surface area contributed by atoms with Gasteiger partial charge in [0, 0.05) is 17.1 Å². The number of hydrogen-bond donors (Lipinski definition) is 1. The maximum absolute atomic E-state index is 6.09. The third kappa shape index (κ3) is 1.53. The zero-order chi connectivity index (χ0) is 13.0. The summed E-state index contributed by atoms with van der Waals surface area (Å²) in [5.74, 6) is 0.870. The van der Waals surface area contributed by atoms with E-state index in [0.717, 1.165) is 17.6 Å². The minimum Gasteiger partial charge on any atom is -0.399 e. The summed E-state index contributed by atoms with van der Waals surface area (Å²) in [7, 11) is 2.32. The van der Waals surface area contributed by atoms with Crippen LogP contribution < -0.4 is 5.73 Å². The van der Waals surface area contributed by atoms with Gasteiger partial charge in [0.15, 0.2) is 0 Å². The van der Waals surface area contributed by atoms with E-state index in [0.29, 0.717) is 5.41 Å². The fourth-order valence-electron chi connectivity index (χ4n) is 5.21. The quantitative estimate of drug-likeness (QED) is 0.723. The molecule has 2 aliphatic carbocycles. The van der Waals surface area contributed by atoms with Crippen LogP contribution in [-0.2, 0) is 11.8 Å². The summed E-state index contributed by atoms with van der Waals surface area (Å²) in [4.78, 5) is 2.62. The molecule has 3 aliphatic rings. The fraction of sp³-hybridized carbons (Fsp3) is 0.647. The summed E-state index contributed by atoms with van der Waals surface area (Å²) in [6.07, 6.45) is 8.21. The molecule has 1 saturated carbocycles. The lowest BCUT2D eigenvalue weighted by Gasteiger charge is -2.58. The fourth-order valence-corrected chi connectivity index (χ4v) is 5.21. The van der Waals surface area contributed by atoms with E-state index in [9.17, 15) is 0 Å². The minimum atomic E-state index is 0.457. The van der Waals surface area contributed by atoms with Gasteiger partial charge < -0.3 is 10.6 Å². The van der Waals surface area contributed by atoms with Crippen LogP contribution in [0.3, 0.4) is 0 Å². The predicted octanol–water partition coefficient (Wildman–Crippen LogP) is 2.96. The SMILES string of the molecule is CN1CCC23CCCC[C@H]2[C@H]1Cc1ccc(N)cc13. The lowest BCUT2D eigenvalue weighted by molar-refractivity contribution is 0.00291. The Bertz CT molecular complexity index is 510. The second-order valence-electron chi connectivity index (χ2n) is 6.93. The Kier molecular flexibility index (Phi) is 2.47. The van der Waals surface area contributed by atoms with Gasteiger partial charge in [-0.05, 0) is 68.5 Å². The topological polar surface area (TPSA) is 29.3 Å². The van der Waals surface area contributed by atoms with Gasteiger partial charge >= 0.3 is 0 Å². The van der Waals surface area contributed by atoms with Crippen LogP contribution in [0.4, 0.5) is 5.69 Å². The number of fused-ring (bicyclic) bond motifs is 1. The Labute approximate surface area is 116 Å². The first-order valence-electron chi connectivity index (χ1n) is 7.80. The van der Waals surface area contributed by atoms with Crippen molar-refractivity contribution >= 4 is 5.69 Å². The molecule has 0 radical (unpaired) electrons. The number of benzene rings is 1. The number of anilines is 1. The van der Waals surface area contributed by atoms with E-state index < -0.39 is 0 Å². The van der Waals surface area contributed by atoms with E-state index in [1.807, 2.05) is 0 Å². The average Bonchev–Trinajstić information content (AvgIpc) is 2.43. The van der Waals surface area contributed by atoms with Crippen LogP contribution in [0.1, 0.15) is 43.2 Å². The highest BCUT2D eigenvalue weighted by Gasteiger charge is 2.52. The third-order valence-electron chi connectivity index (χ3n) is 6.14. The summed E-state index contributed by atoms with van der Waals surface area (Å²) < 4.78 is 0. The molecular weight excluding hydrogens is 232 g/mol. The molecular formula is C17H24N2. The normalized spacial score (nSPS) is 37.5. The number of nitrogens with zero attached hydrogens (tertiary/aromatic N) is 1. The second-order valence-corrected chi connectivity index (χ2v) is 6.93. The minimum absolute atomic E-state index is 0.457. The van der Waals surface area contributed by atoms with Gasteiger partial charge in [0.1, 0.15) is 0 Å². The molecule has 1 aliphatic heterocycles. The molecule has 2 N–H and O–H groups in total. The molecule has 1 aromatic rings. The van der Waals surface area contributed by atoms with Crippen molar-refractivity contribution < 1.29 is 0 Å². The largest absolute Gasteiger partial charge is 0.399 e. The lowest BCUT2D eigenvalue weighted by Crippen LogP contribution is -2.59. The van der Waals surface area contributed by atoms with E-state index in [1.54, 1.807) is 11.1 Å². The van der Waals surface area contributed by atoms with Crippen molar-refractivity contribution in [2.45, 2.75) is 50.0 Å². The summed E-state index contributed by atoms with van der Waals surface area (Å²) in [5.41, 5.74) is 10.7. The molecule has 0 aromatic heterocycles. The van der Waals surface area contributed by atoms with Gasteiger partial charge in [0.25, 0.3) is 0 Å². The smallest absolute Gasteiger partial charge is 0.0317 e. The van der Waals surface area contributed by atoms with Crippen molar-refractivity contribution in [3.05, 3.63) is 29.3 Å². The molecule has 2 bridgehead atoms. The highest BCUT2D eigenvalue weighted by Crippen LogP contribution is 2.55. The zero-order valence-electron chi connectivity index (χ0n) is 11.9. The molecule has 2 nitrogen and oxygen atoms in total. The number of nitrogen functional groups attached to an aromatic ring is 1. The third-order valence-corrected chi connectivity index (χ3v) is 6.14. The predicted molar refractivity (Wildman–Crippen MR) is 79.2 cm³/mol. The lowest BCUT2D eigenvalue weighted by atomic mass is 9.52. The molecule has 0 spiro atoms. The Balaban J connectivity index is 1.90. The molecule has 102 valence electrons. The van der Waals surface area contributed by atoms with Crippen molar-refractivity contribution in [2.24, 2.45) is 5.92 Å². The molecule has 4 rings (SSSR count). The molecule has 1 heterocycles. The maximum Gasteiger partial charge on any atom is 0.0317 e. The zero-order valence-corrected chi connectivity index (χ0v) is 11.9. The van der Waals surface area contributed by atoms with Crippen LogP contribution in [-0.4, -0.2) is 24.5 Å². The summed E-state index contributed by atoms with van der Waals surface area (Å²) in [6.45, 7) is 1.26. The van der Waals surface area contributed by atoms with Gasteiger partial charge in [-0.15, -0.1) is 0 Å². The molecule has 1 unspecified atom stereocenters. The van der Waals surface area contributed by atoms with Gasteiger partial charge in [-0.25, -0.2) is 0 Å². The molecule has 1 aromatic carbocycles. The van der Waals surface area contributed by atoms with Crippen molar-refractivity contribution in [3.63, 3.8) is 0 Å². The number of likely N-dealkylation sites (tertiary alicyclic amines) is 1. The first kappa shape index (κ1) is 11.8. The maximum atomic E-state index is 6.09. The Morgan fingerprint density at radius 3 is 3.05 bits per heavy atom. The molecule has 3 atom stereocenters. The van der Waals surface area contributed by atoms with Crippen LogP contribution in [0.25, 0.3) is 0 Å². The van der Waals surface area contributed by atoms with Gasteiger partial charge in [-0.1, -0.05) is 18.9 Å². The highest BCUT2D eigenvalue weighted by molar-refractivity contribution is 5.51. The number of likely N-dealkylation sites (N-methyl/N-ethyl adjacent to an activating group) is 1. The molecule has 1 saturated heterocycles. The number of hydrogen-bond acceptors (Lipinski definition) is 2. The van der Waals surface area contributed by atoms with Crippen LogP contribution >= 0.6 is 0 Å². The highest BCUT2D eigenvalue weighted by atomic mass is 15.1. The molecule has 19 heavy (non-hydrogen) atoms. The van der Waals surface area contributed by atoms with Crippen molar-refractivity contribution in [1.82, 2.24) is 4.90 Å². The van der Waals surface area contributed by atoms with Gasteiger partial charge in [-0.3, -0.25) is 0 Å². The molecule has 2 fully saturated rings. The molecule has 2 heteroatoms. The first-order valence-corrected chi connectivity index (χ1v) is 7.80. The Morgan fingerprint density at radius 2 is 2.16 bits per heavy atom. The summed E-state index contributed by atoms with van der Waals surface area (Å²) in [6, 6.07) is 7.46. The van der Waals surface area contributed by atoms with E-state index >= 15 is 0 Å². The molecule has 0 amide bonds. The van der Waals surface area contributed by atoms with Gasteiger partial charge in [0.2, 0.25) is 0 Å². The van der Waals surface area contributed by atoms with Crippen molar-refractivity contribution in [1.29, 1.82) is 0 Å². The van der Waals surface area contributed by atoms with Crippen LogP contribution in [0.5, 0.6) is 0 Å². The Morgan fingerprint density at radius 1 is 1.26 bits per heavy atom. The average molecular weight is 256 g/mol. The standard InChI is InChI=1S/C17H24N2/c1-19-9-8-17-7-3-2-4-14(17)16(19)10-12-5-6-13(18)11-15(12)17/h5-6,11,14,16H,2-4,7-10,18H2,1H3/t14-,16+,17?/m0/s1. The van der Waals surface area contributed by atoms with Crippen molar-refractivity contribution in [2.75, 3.05) is 19.3 Å². The summed E-state index contributed by atoms with van der Waals surface area (Å²) >= 11 is 0. The summed E-state index contributed by atoms with van der Waals surface area (Å²) in [5, 5.41) is 0. The van der Waals surface area contributed by atoms with Crippen LogP contribution in [0, 0.1) is 5.92 Å². The number of piperidine rings is 1. The van der Waals surface area contributed by atoms with Crippen LogP contribution in [0.15, 0.2) is 18.2 Å². The van der Waals surface area contributed by atoms with E-state index in [2.05, 4.69) is 30.1 Å². The van der Waals surface area contributed by atoms with E-state index in [1.165, 1.54) is 45.1 Å². The monoisotopic (exact) mass is 256 g/mol. The van der Waals surface area contributed by atoms with Crippen molar-refractivity contribution in [3.8, 4) is 0 Å². The van der Waals surface area contributed by atoms with E-state index in [-0.39, 0.29) is 0 Å². The van der Waals surface area contributed by atoms with Gasteiger partial charge in [-0.2, -0.15) is 0 Å².